The number of ether oxygens (including phenoxy) is 1. The van der Waals surface area contributed by atoms with Gasteiger partial charge in [-0.25, -0.2) is 4.79 Å². The van der Waals surface area contributed by atoms with E-state index in [1.54, 1.807) is 32.5 Å². The molecule has 0 saturated carbocycles. The molecule has 150 valence electrons. The van der Waals surface area contributed by atoms with Crippen LogP contribution in [0.2, 0.25) is 0 Å². The molecule has 0 spiro atoms. The molecule has 1 heterocycles. The van der Waals surface area contributed by atoms with Gasteiger partial charge in [-0.3, -0.25) is 24.1 Å². The number of hydrogen-bond donors (Lipinski definition) is 1. The lowest BCUT2D eigenvalue weighted by atomic mass is 10.1. The predicted octanol–water partition coefficient (Wildman–Crippen LogP) is -0.238. The molecule has 1 aromatic rings. The molecule has 10 heteroatoms. The molecule has 2 rings (SSSR count). The molecule has 0 aliphatic carbocycles. The van der Waals surface area contributed by atoms with Gasteiger partial charge in [0.15, 0.2) is 6.61 Å². The number of thioether (sulfide) groups is 1. The molecule has 28 heavy (non-hydrogen) atoms. The lowest BCUT2D eigenvalue weighted by molar-refractivity contribution is -0.151. The first-order valence-corrected chi connectivity index (χ1v) is 9.76. The van der Waals surface area contributed by atoms with Crippen molar-refractivity contribution in [2.45, 2.75) is 6.04 Å². The van der Waals surface area contributed by atoms with E-state index in [-0.39, 0.29) is 29.3 Å². The van der Waals surface area contributed by atoms with Crippen molar-refractivity contribution in [2.24, 2.45) is 0 Å². The topological polar surface area (TPSA) is 113 Å². The maximum absolute atomic E-state index is 12.6. The Morgan fingerprint density at radius 1 is 1.14 bits per heavy atom. The highest BCUT2D eigenvalue weighted by Crippen LogP contribution is 2.26. The molecule has 1 aromatic carbocycles. The fourth-order valence-corrected chi connectivity index (χ4v) is 3.11. The van der Waals surface area contributed by atoms with Crippen LogP contribution in [-0.2, 0) is 19.1 Å². The van der Waals surface area contributed by atoms with Crippen molar-refractivity contribution in [3.63, 3.8) is 0 Å². The Morgan fingerprint density at radius 2 is 1.71 bits per heavy atom. The molecule has 1 aliphatic heterocycles. The van der Waals surface area contributed by atoms with Crippen molar-refractivity contribution in [3.05, 3.63) is 35.4 Å². The summed E-state index contributed by atoms with van der Waals surface area (Å²) < 4.78 is 4.98. The first-order valence-electron chi connectivity index (χ1n) is 8.37. The zero-order valence-corrected chi connectivity index (χ0v) is 16.6. The van der Waals surface area contributed by atoms with Crippen molar-refractivity contribution in [2.75, 3.05) is 39.3 Å². The third-order valence-electron chi connectivity index (χ3n) is 4.01. The van der Waals surface area contributed by atoms with Crippen molar-refractivity contribution >= 4 is 41.4 Å². The number of carbonyl (C=O) groups is 5. The summed E-state index contributed by atoms with van der Waals surface area (Å²) in [6.45, 7) is -0.844. The highest BCUT2D eigenvalue weighted by molar-refractivity contribution is 7.98. The molecule has 9 nitrogen and oxygen atoms in total. The van der Waals surface area contributed by atoms with Crippen LogP contribution in [0.5, 0.6) is 0 Å². The summed E-state index contributed by atoms with van der Waals surface area (Å²) in [5.41, 5.74) is 0.456. The summed E-state index contributed by atoms with van der Waals surface area (Å²) in [6, 6.07) is 5.15. The maximum Gasteiger partial charge on any atom is 0.330 e. The minimum Gasteiger partial charge on any atom is -0.454 e. The summed E-state index contributed by atoms with van der Waals surface area (Å²) >= 11 is 1.26. The zero-order valence-electron chi connectivity index (χ0n) is 15.8. The Balaban J connectivity index is 2.01. The third-order valence-corrected chi connectivity index (χ3v) is 4.66. The van der Waals surface area contributed by atoms with Crippen LogP contribution < -0.4 is 5.32 Å². The van der Waals surface area contributed by atoms with Gasteiger partial charge in [0.1, 0.15) is 6.04 Å². The Bertz CT molecular complexity index is 775. The highest BCUT2D eigenvalue weighted by atomic mass is 32.2. The molecule has 1 N–H and O–H groups in total. The van der Waals surface area contributed by atoms with Gasteiger partial charge in [-0.2, -0.15) is 11.8 Å². The molecular weight excluding hydrogens is 386 g/mol. The molecular formula is C18H21N3O6S. The quantitative estimate of drug-likeness (QED) is 0.467. The maximum atomic E-state index is 12.6. The van der Waals surface area contributed by atoms with Crippen LogP contribution in [0.4, 0.5) is 0 Å². The number of hydrogen-bond acceptors (Lipinski definition) is 7. The second kappa shape index (κ2) is 9.36. The molecule has 0 saturated heterocycles. The number of likely N-dealkylation sites (N-methyl/N-ethyl adjacent to an activating group) is 1. The van der Waals surface area contributed by atoms with E-state index in [4.69, 9.17) is 4.74 Å². The van der Waals surface area contributed by atoms with E-state index in [2.05, 4.69) is 5.32 Å². The highest BCUT2D eigenvalue weighted by Gasteiger charge is 2.43. The molecule has 0 unspecified atom stereocenters. The summed E-state index contributed by atoms with van der Waals surface area (Å²) in [5, 5.41) is 2.33. The van der Waals surface area contributed by atoms with Crippen LogP contribution in [0.1, 0.15) is 20.7 Å². The number of amides is 4. The van der Waals surface area contributed by atoms with E-state index in [9.17, 15) is 24.0 Å². The number of nitrogens with zero attached hydrogens (tertiary/aromatic N) is 2. The van der Waals surface area contributed by atoms with Gasteiger partial charge in [-0.1, -0.05) is 12.1 Å². The van der Waals surface area contributed by atoms with Crippen LogP contribution in [0.3, 0.4) is 0 Å². The van der Waals surface area contributed by atoms with Gasteiger partial charge < -0.3 is 15.0 Å². The monoisotopic (exact) mass is 407 g/mol. The number of nitrogens with one attached hydrogen (secondary N) is 1. The Hall–Kier alpha value is -2.88. The lowest BCUT2D eigenvalue weighted by Crippen LogP contribution is -2.48. The van der Waals surface area contributed by atoms with Crippen molar-refractivity contribution in [3.8, 4) is 0 Å². The van der Waals surface area contributed by atoms with Crippen molar-refractivity contribution in [1.29, 1.82) is 0 Å². The SMILES string of the molecule is CSC[C@@H](C(=O)OCC(=O)NCC(=O)N(C)C)N1C(=O)c2ccccc2C1=O. The van der Waals surface area contributed by atoms with Gasteiger partial charge in [0.2, 0.25) is 5.91 Å². The average Bonchev–Trinajstić information content (AvgIpc) is 2.93. The molecule has 1 atom stereocenters. The third kappa shape index (κ3) is 4.69. The number of benzene rings is 1. The summed E-state index contributed by atoms with van der Waals surface area (Å²) in [6.07, 6.45) is 1.72. The van der Waals surface area contributed by atoms with Crippen LogP contribution in [0.25, 0.3) is 0 Å². The zero-order chi connectivity index (χ0) is 20.8. The van der Waals surface area contributed by atoms with Crippen LogP contribution >= 0.6 is 11.8 Å². The fourth-order valence-electron chi connectivity index (χ4n) is 2.51. The van der Waals surface area contributed by atoms with Gasteiger partial charge >= 0.3 is 5.97 Å². The Kier molecular flexibility index (Phi) is 7.16. The fraction of sp³-hybridized carbons (Fsp3) is 0.389. The molecule has 0 fully saturated rings. The average molecular weight is 407 g/mol. The second-order valence-electron chi connectivity index (χ2n) is 6.17. The molecule has 0 aromatic heterocycles. The van der Waals surface area contributed by atoms with Gasteiger partial charge in [-0.15, -0.1) is 0 Å². The normalized spacial score (nSPS) is 13.8. The van der Waals surface area contributed by atoms with Crippen LogP contribution in [0.15, 0.2) is 24.3 Å². The minimum atomic E-state index is -1.15. The van der Waals surface area contributed by atoms with E-state index in [0.717, 1.165) is 4.90 Å². The number of carbonyl (C=O) groups excluding carboxylic acids is 5. The Labute approximate surface area is 166 Å². The van der Waals surface area contributed by atoms with Crippen LogP contribution in [-0.4, -0.2) is 84.7 Å². The number of esters is 1. The number of rotatable bonds is 8. The van der Waals surface area contributed by atoms with Gasteiger partial charge in [0.25, 0.3) is 17.7 Å². The molecule has 4 amide bonds. The van der Waals surface area contributed by atoms with E-state index < -0.39 is 36.3 Å². The van der Waals surface area contributed by atoms with Crippen molar-refractivity contribution in [1.82, 2.24) is 15.1 Å². The molecule has 0 radical (unpaired) electrons. The molecule has 1 aliphatic rings. The molecule has 0 bridgehead atoms. The van der Waals surface area contributed by atoms with Crippen molar-refractivity contribution < 1.29 is 28.7 Å². The lowest BCUT2D eigenvalue weighted by Gasteiger charge is -2.23. The first kappa shape index (κ1) is 21.4. The first-order chi connectivity index (χ1) is 13.3. The van der Waals surface area contributed by atoms with Crippen LogP contribution in [0, 0.1) is 0 Å². The predicted molar refractivity (Wildman–Crippen MR) is 102 cm³/mol. The number of imide groups is 1. The van der Waals surface area contributed by atoms with Gasteiger partial charge in [0.05, 0.1) is 17.7 Å². The van der Waals surface area contributed by atoms with E-state index in [1.165, 1.54) is 28.8 Å². The van der Waals surface area contributed by atoms with Gasteiger partial charge in [0, 0.05) is 19.8 Å². The van der Waals surface area contributed by atoms with Gasteiger partial charge in [-0.05, 0) is 18.4 Å². The summed E-state index contributed by atoms with van der Waals surface area (Å²) in [4.78, 5) is 63.0. The van der Waals surface area contributed by atoms with E-state index in [1.807, 2.05) is 0 Å². The summed E-state index contributed by atoms with van der Waals surface area (Å²) in [5.74, 6) is -2.85. The number of fused-ring (bicyclic) bond motifs is 1. The van der Waals surface area contributed by atoms with E-state index >= 15 is 0 Å². The minimum absolute atomic E-state index is 0.130. The smallest absolute Gasteiger partial charge is 0.330 e. The standard InChI is InChI=1S/C18H21N3O6S/c1-20(2)15(23)8-19-14(22)9-27-18(26)13(10-28-3)21-16(24)11-6-4-5-7-12(11)17(21)25/h4-7,13H,8-10H2,1-3H3,(H,19,22)/t13-/m0/s1. The summed E-state index contributed by atoms with van der Waals surface area (Å²) in [7, 11) is 3.09. The Morgan fingerprint density at radius 3 is 2.21 bits per heavy atom. The van der Waals surface area contributed by atoms with E-state index in [0.29, 0.717) is 0 Å². The second-order valence-corrected chi connectivity index (χ2v) is 7.08. The largest absolute Gasteiger partial charge is 0.454 e.